The van der Waals surface area contributed by atoms with Gasteiger partial charge in [-0.05, 0) is 49.1 Å². The van der Waals surface area contributed by atoms with Crippen LogP contribution in [0.1, 0.15) is 31.7 Å². The van der Waals surface area contributed by atoms with Crippen molar-refractivity contribution in [1.82, 2.24) is 4.90 Å². The second kappa shape index (κ2) is 9.16. The largest absolute Gasteiger partial charge is 0.444 e. The molecule has 0 spiro atoms. The number of anilines is 1. The highest BCUT2D eigenvalue weighted by molar-refractivity contribution is 5.90. The standard InChI is InChI=1S/C24H28FN3O3/c1-16(29)2-8-21-15-28(24(30)31-21)20-7-9-22(23(25)12-20)18-5-3-17(4-6-18)13-27-11-10-19(26)14-27/h3-7,9,12,19,21H,2,8,10-11,13-15,26H2,1H3/t19-,21-/m0/s1. The molecule has 2 aliphatic heterocycles. The number of benzene rings is 2. The van der Waals surface area contributed by atoms with Gasteiger partial charge in [-0.25, -0.2) is 9.18 Å². The quantitative estimate of drug-likeness (QED) is 0.732. The minimum absolute atomic E-state index is 0.0555. The van der Waals surface area contributed by atoms with Gasteiger partial charge in [0, 0.05) is 37.7 Å². The van der Waals surface area contributed by atoms with Crippen LogP contribution < -0.4 is 10.6 Å². The molecule has 0 unspecified atom stereocenters. The molecule has 0 aliphatic carbocycles. The van der Waals surface area contributed by atoms with Gasteiger partial charge in [0.05, 0.1) is 12.2 Å². The number of hydrogen-bond donors (Lipinski definition) is 1. The molecular formula is C24H28FN3O3. The van der Waals surface area contributed by atoms with Crippen molar-refractivity contribution in [2.75, 3.05) is 24.5 Å². The van der Waals surface area contributed by atoms with E-state index in [-0.39, 0.29) is 17.9 Å². The molecule has 2 atom stereocenters. The van der Waals surface area contributed by atoms with Crippen LogP contribution in [0.25, 0.3) is 11.1 Å². The zero-order valence-corrected chi connectivity index (χ0v) is 17.7. The molecule has 7 heteroatoms. The SMILES string of the molecule is CC(=O)CC[C@H]1CN(c2ccc(-c3ccc(CN4CC[C@H](N)C4)cc3)c(F)c2)C(=O)O1. The predicted molar refractivity (Wildman–Crippen MR) is 117 cm³/mol. The second-order valence-electron chi connectivity index (χ2n) is 8.50. The molecule has 0 bridgehead atoms. The smallest absolute Gasteiger partial charge is 0.414 e. The molecule has 2 fully saturated rings. The van der Waals surface area contributed by atoms with E-state index in [1.54, 1.807) is 12.1 Å². The highest BCUT2D eigenvalue weighted by Crippen LogP contribution is 2.30. The third-order valence-electron chi connectivity index (χ3n) is 5.94. The zero-order chi connectivity index (χ0) is 22.0. The summed E-state index contributed by atoms with van der Waals surface area (Å²) in [4.78, 5) is 27.1. The van der Waals surface area contributed by atoms with Gasteiger partial charge in [0.1, 0.15) is 17.7 Å². The zero-order valence-electron chi connectivity index (χ0n) is 17.7. The fourth-order valence-corrected chi connectivity index (χ4v) is 4.21. The van der Waals surface area contributed by atoms with Crippen LogP contribution in [0.15, 0.2) is 42.5 Å². The minimum atomic E-state index is -0.508. The van der Waals surface area contributed by atoms with Gasteiger partial charge in [-0.1, -0.05) is 24.3 Å². The van der Waals surface area contributed by atoms with Crippen molar-refractivity contribution < 1.29 is 18.7 Å². The molecule has 2 aromatic carbocycles. The fourth-order valence-electron chi connectivity index (χ4n) is 4.21. The minimum Gasteiger partial charge on any atom is -0.444 e. The normalized spacial score (nSPS) is 21.5. The van der Waals surface area contributed by atoms with Gasteiger partial charge < -0.3 is 15.3 Å². The average molecular weight is 426 g/mol. The van der Waals surface area contributed by atoms with Crippen LogP contribution in [0.4, 0.5) is 14.9 Å². The maximum Gasteiger partial charge on any atom is 0.414 e. The molecule has 31 heavy (non-hydrogen) atoms. The summed E-state index contributed by atoms with van der Waals surface area (Å²) in [6.07, 6.45) is 1.01. The summed E-state index contributed by atoms with van der Waals surface area (Å²) in [6.45, 7) is 4.59. The monoisotopic (exact) mass is 425 g/mol. The number of carbonyl (C=O) groups is 2. The van der Waals surface area contributed by atoms with Crippen LogP contribution in [0, 0.1) is 5.82 Å². The molecule has 4 rings (SSSR count). The van der Waals surface area contributed by atoms with E-state index in [4.69, 9.17) is 10.5 Å². The van der Waals surface area contributed by atoms with Crippen LogP contribution >= 0.6 is 0 Å². The molecule has 0 saturated carbocycles. The van der Waals surface area contributed by atoms with E-state index in [2.05, 4.69) is 4.90 Å². The number of likely N-dealkylation sites (tertiary alicyclic amines) is 1. The Labute approximate surface area is 181 Å². The Morgan fingerprint density at radius 1 is 1.19 bits per heavy atom. The summed E-state index contributed by atoms with van der Waals surface area (Å²) in [5.41, 5.74) is 8.87. The number of nitrogens with two attached hydrogens (primary N) is 1. The van der Waals surface area contributed by atoms with Crippen LogP contribution in [0.3, 0.4) is 0 Å². The lowest BCUT2D eigenvalue weighted by atomic mass is 10.0. The fraction of sp³-hybridized carbons (Fsp3) is 0.417. The number of Topliss-reactive ketones (excluding diaryl/α,β-unsaturated/α-hetero) is 1. The van der Waals surface area contributed by atoms with E-state index in [1.807, 2.05) is 24.3 Å². The first-order chi connectivity index (χ1) is 14.9. The highest BCUT2D eigenvalue weighted by atomic mass is 19.1. The molecular weight excluding hydrogens is 397 g/mol. The molecule has 2 saturated heterocycles. The van der Waals surface area contributed by atoms with Crippen molar-refractivity contribution >= 4 is 17.6 Å². The van der Waals surface area contributed by atoms with Crippen LogP contribution in [-0.4, -0.2) is 48.6 Å². The van der Waals surface area contributed by atoms with Crippen LogP contribution in [0.2, 0.25) is 0 Å². The lowest BCUT2D eigenvalue weighted by Crippen LogP contribution is -2.26. The van der Waals surface area contributed by atoms with Crippen molar-refractivity contribution in [3.63, 3.8) is 0 Å². The first-order valence-corrected chi connectivity index (χ1v) is 10.7. The Hall–Kier alpha value is -2.77. The molecule has 2 N–H and O–H groups in total. The molecule has 6 nitrogen and oxygen atoms in total. The topological polar surface area (TPSA) is 75.9 Å². The number of rotatable bonds is 7. The molecule has 164 valence electrons. The first-order valence-electron chi connectivity index (χ1n) is 10.7. The van der Waals surface area contributed by atoms with Gasteiger partial charge in [0.2, 0.25) is 0 Å². The van der Waals surface area contributed by atoms with Gasteiger partial charge >= 0.3 is 6.09 Å². The lowest BCUT2D eigenvalue weighted by Gasteiger charge is -2.16. The number of amides is 1. The number of ketones is 1. The van der Waals surface area contributed by atoms with E-state index in [0.717, 1.165) is 31.6 Å². The Kier molecular flexibility index (Phi) is 6.34. The van der Waals surface area contributed by atoms with E-state index < -0.39 is 11.9 Å². The van der Waals surface area contributed by atoms with Gasteiger partial charge in [-0.2, -0.15) is 0 Å². The Bertz CT molecular complexity index is 963. The Morgan fingerprint density at radius 3 is 2.61 bits per heavy atom. The number of cyclic esters (lactones) is 1. The number of hydrogen-bond acceptors (Lipinski definition) is 5. The van der Waals surface area contributed by atoms with Gasteiger partial charge in [0.15, 0.2) is 0 Å². The lowest BCUT2D eigenvalue weighted by molar-refractivity contribution is -0.117. The summed E-state index contributed by atoms with van der Waals surface area (Å²) < 4.78 is 20.2. The third-order valence-corrected chi connectivity index (χ3v) is 5.94. The van der Waals surface area contributed by atoms with Crippen LogP contribution in [-0.2, 0) is 16.1 Å². The molecule has 1 amide bonds. The van der Waals surface area contributed by atoms with Crippen molar-refractivity contribution in [2.24, 2.45) is 5.73 Å². The van der Waals surface area contributed by atoms with E-state index >= 15 is 0 Å². The number of ether oxygens (including phenoxy) is 1. The molecule has 2 heterocycles. The van der Waals surface area contributed by atoms with E-state index in [9.17, 15) is 14.0 Å². The molecule has 2 aromatic rings. The summed E-state index contributed by atoms with van der Waals surface area (Å²) in [7, 11) is 0. The number of nitrogens with zero attached hydrogens (tertiary/aromatic N) is 2. The predicted octanol–water partition coefficient (Wildman–Crippen LogP) is 3.72. The summed E-state index contributed by atoms with van der Waals surface area (Å²) in [5.74, 6) is -0.337. The Morgan fingerprint density at radius 2 is 1.97 bits per heavy atom. The summed E-state index contributed by atoms with van der Waals surface area (Å²) >= 11 is 0. The van der Waals surface area contributed by atoms with Crippen molar-refractivity contribution in [1.29, 1.82) is 0 Å². The van der Waals surface area contributed by atoms with Gasteiger partial charge in [0.25, 0.3) is 0 Å². The summed E-state index contributed by atoms with van der Waals surface area (Å²) in [5, 5.41) is 0. The van der Waals surface area contributed by atoms with Crippen LogP contribution in [0.5, 0.6) is 0 Å². The van der Waals surface area contributed by atoms with Crippen molar-refractivity contribution in [3.8, 4) is 11.1 Å². The highest BCUT2D eigenvalue weighted by Gasteiger charge is 2.32. The summed E-state index contributed by atoms with van der Waals surface area (Å²) in [6, 6.07) is 12.9. The molecule has 0 aromatic heterocycles. The van der Waals surface area contributed by atoms with Crippen molar-refractivity contribution in [3.05, 3.63) is 53.8 Å². The average Bonchev–Trinajstić information content (AvgIpc) is 3.32. The first kappa shape index (κ1) is 21.5. The van der Waals surface area contributed by atoms with Gasteiger partial charge in [-0.3, -0.25) is 9.80 Å². The number of carbonyl (C=O) groups excluding carboxylic acids is 2. The maximum atomic E-state index is 14.9. The van der Waals surface area contributed by atoms with E-state index in [0.29, 0.717) is 30.6 Å². The second-order valence-corrected chi connectivity index (χ2v) is 8.50. The molecule has 2 aliphatic rings. The third kappa shape index (κ3) is 5.11. The maximum absolute atomic E-state index is 14.9. The number of halogens is 1. The Balaban J connectivity index is 1.43. The molecule has 0 radical (unpaired) electrons. The van der Waals surface area contributed by atoms with Crippen molar-refractivity contribution in [2.45, 2.75) is 44.9 Å². The van der Waals surface area contributed by atoms with E-state index in [1.165, 1.54) is 23.5 Å². The van der Waals surface area contributed by atoms with Gasteiger partial charge in [-0.15, -0.1) is 0 Å².